The average molecular weight is 459 g/mol. The number of rotatable bonds is 4. The van der Waals surface area contributed by atoms with Crippen LogP contribution in [0.15, 0.2) is 76.0 Å². The molecule has 7 nitrogen and oxygen atoms in total. The molecule has 2 heterocycles. The normalized spacial score (nSPS) is 11.2. The van der Waals surface area contributed by atoms with E-state index in [2.05, 4.69) is 10.5 Å². The summed E-state index contributed by atoms with van der Waals surface area (Å²) in [7, 11) is 0. The van der Waals surface area contributed by atoms with E-state index in [9.17, 15) is 9.59 Å². The molecule has 0 atom stereocenters. The average Bonchev–Trinajstić information content (AvgIpc) is 3.20. The van der Waals surface area contributed by atoms with Crippen LogP contribution in [-0.4, -0.2) is 15.6 Å². The van der Waals surface area contributed by atoms with E-state index >= 15 is 0 Å². The van der Waals surface area contributed by atoms with Crippen LogP contribution < -0.4 is 16.6 Å². The number of nitrogens with two attached hydrogens (primary N) is 1. The number of nitrogens with zero attached hydrogens (tertiary/aromatic N) is 2. The maximum absolute atomic E-state index is 13.3. The number of carbonyl (C=O) groups excluding carboxylic acids is 1. The van der Waals surface area contributed by atoms with Crippen molar-refractivity contribution in [2.24, 2.45) is 0 Å². The van der Waals surface area contributed by atoms with Gasteiger partial charge in [0.15, 0.2) is 0 Å². The molecule has 0 aliphatic rings. The molecular weight excluding hydrogens is 440 g/mol. The summed E-state index contributed by atoms with van der Waals surface area (Å²) in [6.07, 6.45) is 0. The molecule has 2 aromatic heterocycles. The molecule has 0 radical (unpaired) electrons. The van der Waals surface area contributed by atoms with Gasteiger partial charge in [-0.3, -0.25) is 9.59 Å². The van der Waals surface area contributed by atoms with Gasteiger partial charge in [-0.05, 0) is 48.9 Å². The molecule has 1 amide bonds. The summed E-state index contributed by atoms with van der Waals surface area (Å²) in [5.74, 6) is 0.174. The number of amides is 1. The summed E-state index contributed by atoms with van der Waals surface area (Å²) in [6, 6.07) is 19.5. The third kappa shape index (κ3) is 3.62. The minimum absolute atomic E-state index is 0.208. The molecule has 0 spiro atoms. The van der Waals surface area contributed by atoms with Gasteiger partial charge in [0.2, 0.25) is 0 Å². The summed E-state index contributed by atoms with van der Waals surface area (Å²) < 4.78 is 6.93. The van der Waals surface area contributed by atoms with E-state index < -0.39 is 0 Å². The zero-order valence-corrected chi connectivity index (χ0v) is 18.4. The molecule has 5 aromatic rings. The van der Waals surface area contributed by atoms with E-state index in [-0.39, 0.29) is 11.5 Å². The monoisotopic (exact) mass is 458 g/mol. The van der Waals surface area contributed by atoms with Crippen molar-refractivity contribution in [2.75, 3.05) is 11.1 Å². The molecule has 0 fully saturated rings. The first-order valence-corrected chi connectivity index (χ1v) is 10.6. The third-order valence-electron chi connectivity index (χ3n) is 5.61. The van der Waals surface area contributed by atoms with Gasteiger partial charge in [0, 0.05) is 10.9 Å². The van der Waals surface area contributed by atoms with Crippen LogP contribution in [0.1, 0.15) is 21.7 Å². The second-order valence-electron chi connectivity index (χ2n) is 7.73. The summed E-state index contributed by atoms with van der Waals surface area (Å²) in [5.41, 5.74) is 9.19. The van der Waals surface area contributed by atoms with Crippen molar-refractivity contribution in [3.8, 4) is 0 Å². The fourth-order valence-electron chi connectivity index (χ4n) is 3.92. The lowest BCUT2D eigenvalue weighted by atomic mass is 10.1. The Morgan fingerprint density at radius 1 is 1.06 bits per heavy atom. The number of fused-ring (bicyclic) bond motifs is 3. The van der Waals surface area contributed by atoms with Crippen LogP contribution in [0.3, 0.4) is 0 Å². The fourth-order valence-corrected chi connectivity index (χ4v) is 4.18. The summed E-state index contributed by atoms with van der Waals surface area (Å²) in [6.45, 7) is 2.00. The summed E-state index contributed by atoms with van der Waals surface area (Å²) >= 11 is 6.46. The standard InChI is InChI=1S/C25H19ClN4O3/c1-14-21-23(29-33-14)22-17(26)5-4-8-20(22)30(25(21)32)13-15-9-11-16(12-10-15)24(31)28-19-7-3-2-6-18(19)27/h2-12H,13,27H2,1H3,(H,28,31). The lowest BCUT2D eigenvalue weighted by molar-refractivity contribution is 0.102. The van der Waals surface area contributed by atoms with Crippen molar-refractivity contribution < 1.29 is 9.32 Å². The zero-order chi connectivity index (χ0) is 23.1. The molecule has 164 valence electrons. The molecule has 3 aromatic carbocycles. The maximum Gasteiger partial charge on any atom is 0.264 e. The molecule has 8 heteroatoms. The number of halogens is 1. The minimum Gasteiger partial charge on any atom is -0.397 e. The van der Waals surface area contributed by atoms with Crippen molar-refractivity contribution in [1.29, 1.82) is 0 Å². The number of nitrogens with one attached hydrogen (secondary N) is 1. The molecule has 0 aliphatic carbocycles. The van der Waals surface area contributed by atoms with Gasteiger partial charge in [-0.15, -0.1) is 0 Å². The minimum atomic E-state index is -0.268. The van der Waals surface area contributed by atoms with Crippen LogP contribution in [0.25, 0.3) is 21.8 Å². The Balaban J connectivity index is 1.50. The Kier molecular flexibility index (Phi) is 5.11. The number of hydrogen-bond donors (Lipinski definition) is 2. The molecule has 5 rings (SSSR count). The SMILES string of the molecule is Cc1onc2c1c(=O)n(Cc1ccc(C(=O)Nc3ccccc3N)cc1)c1cccc(Cl)c21. The van der Waals surface area contributed by atoms with Crippen LogP contribution in [0, 0.1) is 6.92 Å². The summed E-state index contributed by atoms with van der Waals surface area (Å²) in [4.78, 5) is 25.9. The number of nitrogen functional groups attached to an aromatic ring is 1. The number of anilines is 2. The number of benzene rings is 3. The summed E-state index contributed by atoms with van der Waals surface area (Å²) in [5, 5.41) is 8.44. The third-order valence-corrected chi connectivity index (χ3v) is 5.92. The Hall–Kier alpha value is -4.10. The highest BCUT2D eigenvalue weighted by atomic mass is 35.5. The fraction of sp³-hybridized carbons (Fsp3) is 0.0800. The molecule has 33 heavy (non-hydrogen) atoms. The van der Waals surface area contributed by atoms with Crippen LogP contribution in [0.5, 0.6) is 0 Å². The Bertz CT molecular complexity index is 1590. The van der Waals surface area contributed by atoms with Crippen LogP contribution >= 0.6 is 11.6 Å². The molecule has 0 saturated carbocycles. The lowest BCUT2D eigenvalue weighted by Crippen LogP contribution is -2.22. The molecule has 3 N–H and O–H groups in total. The quantitative estimate of drug-likeness (QED) is 0.369. The van der Waals surface area contributed by atoms with Gasteiger partial charge in [0.1, 0.15) is 16.7 Å². The van der Waals surface area contributed by atoms with E-state index in [1.54, 1.807) is 60.0 Å². The van der Waals surface area contributed by atoms with Crippen molar-refractivity contribution in [3.05, 3.63) is 99.0 Å². The van der Waals surface area contributed by atoms with Gasteiger partial charge in [-0.2, -0.15) is 0 Å². The van der Waals surface area contributed by atoms with Crippen molar-refractivity contribution in [3.63, 3.8) is 0 Å². The molecule has 0 unspecified atom stereocenters. The van der Waals surface area contributed by atoms with E-state index in [1.165, 1.54) is 0 Å². The highest BCUT2D eigenvalue weighted by Crippen LogP contribution is 2.30. The second kappa shape index (κ2) is 8.11. The molecule has 0 saturated heterocycles. The van der Waals surface area contributed by atoms with Crippen LogP contribution in [-0.2, 0) is 6.54 Å². The van der Waals surface area contributed by atoms with Gasteiger partial charge < -0.3 is 20.1 Å². The lowest BCUT2D eigenvalue weighted by Gasteiger charge is -2.13. The number of aromatic nitrogens is 2. The number of para-hydroxylation sites is 2. The second-order valence-corrected chi connectivity index (χ2v) is 8.13. The molecular formula is C25H19ClN4O3. The van der Waals surface area contributed by atoms with Gasteiger partial charge >= 0.3 is 0 Å². The Morgan fingerprint density at radius 2 is 1.82 bits per heavy atom. The maximum atomic E-state index is 13.3. The predicted molar refractivity (Wildman–Crippen MR) is 130 cm³/mol. The number of pyridine rings is 1. The van der Waals surface area contributed by atoms with Gasteiger partial charge in [-0.25, -0.2) is 0 Å². The van der Waals surface area contributed by atoms with Crippen molar-refractivity contribution in [1.82, 2.24) is 9.72 Å². The number of hydrogen-bond acceptors (Lipinski definition) is 5. The van der Waals surface area contributed by atoms with E-state index in [1.807, 2.05) is 18.2 Å². The van der Waals surface area contributed by atoms with Crippen LogP contribution in [0.2, 0.25) is 5.02 Å². The number of carbonyl (C=O) groups is 1. The first kappa shape index (κ1) is 20.8. The van der Waals surface area contributed by atoms with E-state index in [0.29, 0.717) is 56.1 Å². The Labute approximate surface area is 193 Å². The highest BCUT2D eigenvalue weighted by Gasteiger charge is 2.19. The zero-order valence-electron chi connectivity index (χ0n) is 17.6. The van der Waals surface area contributed by atoms with Crippen molar-refractivity contribution in [2.45, 2.75) is 13.5 Å². The smallest absolute Gasteiger partial charge is 0.264 e. The van der Waals surface area contributed by atoms with Gasteiger partial charge in [0.05, 0.1) is 28.5 Å². The van der Waals surface area contributed by atoms with Crippen molar-refractivity contribution >= 4 is 50.7 Å². The molecule has 0 bridgehead atoms. The van der Waals surface area contributed by atoms with Crippen LogP contribution in [0.4, 0.5) is 11.4 Å². The Morgan fingerprint density at radius 3 is 2.58 bits per heavy atom. The van der Waals surface area contributed by atoms with E-state index in [4.69, 9.17) is 21.9 Å². The topological polar surface area (TPSA) is 103 Å². The highest BCUT2D eigenvalue weighted by molar-refractivity contribution is 6.37. The first-order valence-electron chi connectivity index (χ1n) is 10.3. The van der Waals surface area contributed by atoms with E-state index in [0.717, 1.165) is 5.56 Å². The van der Waals surface area contributed by atoms with Gasteiger partial charge in [0.25, 0.3) is 11.5 Å². The largest absolute Gasteiger partial charge is 0.397 e. The first-order chi connectivity index (χ1) is 15.9. The molecule has 0 aliphatic heterocycles. The predicted octanol–water partition coefficient (Wildman–Crippen LogP) is 4.99. The number of aryl methyl sites for hydroxylation is 1. The van der Waals surface area contributed by atoms with Gasteiger partial charge in [-0.1, -0.05) is 47.1 Å².